The van der Waals surface area contributed by atoms with Crippen LogP contribution in [0.5, 0.6) is 11.5 Å². The summed E-state index contributed by atoms with van der Waals surface area (Å²) in [5.74, 6) is 1.26. The molecule has 0 radical (unpaired) electrons. The Balaban J connectivity index is 1.99. The van der Waals surface area contributed by atoms with Crippen LogP contribution in [0.2, 0.25) is 0 Å². The molecule has 1 amide bonds. The minimum Gasteiger partial charge on any atom is -0.493 e. The number of carbonyl (C=O) groups excluding carboxylic acids is 1. The fourth-order valence-corrected chi connectivity index (χ4v) is 4.27. The van der Waals surface area contributed by atoms with Crippen LogP contribution >= 0.6 is 11.8 Å². The Kier molecular flexibility index (Phi) is 7.00. The van der Waals surface area contributed by atoms with Crippen molar-refractivity contribution in [2.45, 2.75) is 20.3 Å². The van der Waals surface area contributed by atoms with Gasteiger partial charge in [-0.25, -0.2) is 4.99 Å². The average Bonchev–Trinajstić information content (AvgIpc) is 3.03. The van der Waals surface area contributed by atoms with E-state index in [-0.39, 0.29) is 5.91 Å². The number of hydrogen-bond acceptors (Lipinski definition) is 5. The fourth-order valence-electron chi connectivity index (χ4n) is 3.21. The summed E-state index contributed by atoms with van der Waals surface area (Å²) in [7, 11) is 3.22. The molecule has 0 N–H and O–H groups in total. The lowest BCUT2D eigenvalue weighted by Crippen LogP contribution is -2.28. The van der Waals surface area contributed by atoms with E-state index in [2.05, 4.69) is 11.6 Å². The van der Waals surface area contributed by atoms with Crippen molar-refractivity contribution in [3.8, 4) is 11.5 Å². The quantitative estimate of drug-likeness (QED) is 0.445. The zero-order valence-electron chi connectivity index (χ0n) is 17.8. The number of carbonyl (C=O) groups is 1. The van der Waals surface area contributed by atoms with Crippen LogP contribution in [0.4, 0.5) is 5.69 Å². The molecule has 1 heterocycles. The number of amidine groups is 1. The van der Waals surface area contributed by atoms with Gasteiger partial charge in [-0.2, -0.15) is 0 Å². The predicted octanol–water partition coefficient (Wildman–Crippen LogP) is 5.36. The number of methoxy groups -OCH3 is 2. The van der Waals surface area contributed by atoms with Gasteiger partial charge < -0.3 is 9.47 Å². The lowest BCUT2D eigenvalue weighted by molar-refractivity contribution is -0.122. The first-order valence-electron chi connectivity index (χ1n) is 9.73. The smallest absolute Gasteiger partial charge is 0.266 e. The molecule has 0 atom stereocenters. The molecule has 1 aliphatic heterocycles. The number of aryl methyl sites for hydroxylation is 1. The van der Waals surface area contributed by atoms with Crippen LogP contribution in [0, 0.1) is 6.92 Å². The molecule has 30 heavy (non-hydrogen) atoms. The second kappa shape index (κ2) is 9.67. The number of aliphatic imine (C=N–C) groups is 1. The van der Waals surface area contributed by atoms with Gasteiger partial charge in [0.1, 0.15) is 0 Å². The fraction of sp³-hybridized carbons (Fsp3) is 0.250. The highest BCUT2D eigenvalue weighted by Gasteiger charge is 2.32. The highest BCUT2D eigenvalue weighted by molar-refractivity contribution is 8.18. The lowest BCUT2D eigenvalue weighted by atomic mass is 10.0. The highest BCUT2D eigenvalue weighted by Crippen LogP contribution is 2.37. The van der Waals surface area contributed by atoms with E-state index in [1.807, 2.05) is 62.4 Å². The van der Waals surface area contributed by atoms with E-state index in [1.165, 1.54) is 17.3 Å². The van der Waals surface area contributed by atoms with Crippen molar-refractivity contribution in [1.29, 1.82) is 0 Å². The first-order chi connectivity index (χ1) is 14.5. The van der Waals surface area contributed by atoms with E-state index in [9.17, 15) is 4.79 Å². The Morgan fingerprint density at radius 3 is 2.50 bits per heavy atom. The van der Waals surface area contributed by atoms with Gasteiger partial charge in [0.05, 0.1) is 24.8 Å². The second-order valence-corrected chi connectivity index (χ2v) is 7.81. The van der Waals surface area contributed by atoms with E-state index in [0.29, 0.717) is 34.5 Å². The summed E-state index contributed by atoms with van der Waals surface area (Å²) < 4.78 is 11.0. The van der Waals surface area contributed by atoms with Gasteiger partial charge in [0.15, 0.2) is 16.7 Å². The number of thioether (sulfide) groups is 1. The SMILES string of the molecule is C=CCc1cc(/C=C2/SC(=Nc3ccc(C)cc3)N(CC)C2=O)cc(OC)c1OC. The number of nitrogens with zero attached hydrogens (tertiary/aromatic N) is 2. The summed E-state index contributed by atoms with van der Waals surface area (Å²) >= 11 is 1.38. The first-order valence-corrected chi connectivity index (χ1v) is 10.5. The number of allylic oxidation sites excluding steroid dienone is 1. The van der Waals surface area contributed by atoms with E-state index in [4.69, 9.17) is 9.47 Å². The second-order valence-electron chi connectivity index (χ2n) is 6.80. The van der Waals surface area contributed by atoms with Gasteiger partial charge in [-0.05, 0) is 67.9 Å². The van der Waals surface area contributed by atoms with Crippen LogP contribution in [-0.2, 0) is 11.2 Å². The van der Waals surface area contributed by atoms with Gasteiger partial charge in [0, 0.05) is 12.1 Å². The maximum absolute atomic E-state index is 13.0. The van der Waals surface area contributed by atoms with Gasteiger partial charge in [-0.15, -0.1) is 6.58 Å². The van der Waals surface area contributed by atoms with Crippen molar-refractivity contribution in [3.05, 3.63) is 70.6 Å². The predicted molar refractivity (Wildman–Crippen MR) is 125 cm³/mol. The number of amides is 1. The third kappa shape index (κ3) is 4.60. The molecule has 156 valence electrons. The molecule has 0 bridgehead atoms. The Bertz CT molecular complexity index is 1010. The number of hydrogen-bond donors (Lipinski definition) is 0. The third-order valence-electron chi connectivity index (χ3n) is 4.70. The largest absolute Gasteiger partial charge is 0.493 e. The van der Waals surface area contributed by atoms with Crippen molar-refractivity contribution in [1.82, 2.24) is 4.90 Å². The maximum Gasteiger partial charge on any atom is 0.266 e. The minimum atomic E-state index is -0.0478. The third-order valence-corrected chi connectivity index (χ3v) is 5.71. The maximum atomic E-state index is 13.0. The normalized spacial score (nSPS) is 16.4. The molecule has 3 rings (SSSR count). The Morgan fingerprint density at radius 2 is 1.90 bits per heavy atom. The van der Waals surface area contributed by atoms with E-state index in [1.54, 1.807) is 19.1 Å². The molecule has 0 saturated carbocycles. The Hall–Kier alpha value is -2.99. The molecule has 0 unspecified atom stereocenters. The van der Waals surface area contributed by atoms with Crippen molar-refractivity contribution in [2.24, 2.45) is 4.99 Å². The topological polar surface area (TPSA) is 51.1 Å². The van der Waals surface area contributed by atoms with E-state index in [0.717, 1.165) is 16.8 Å². The summed E-state index contributed by atoms with van der Waals surface area (Å²) in [5.41, 5.74) is 3.82. The van der Waals surface area contributed by atoms with Gasteiger partial charge in [0.2, 0.25) is 0 Å². The summed E-state index contributed by atoms with van der Waals surface area (Å²) in [6, 6.07) is 11.8. The summed E-state index contributed by atoms with van der Waals surface area (Å²) in [4.78, 5) is 20.0. The zero-order valence-corrected chi connectivity index (χ0v) is 18.6. The van der Waals surface area contributed by atoms with Gasteiger partial charge >= 0.3 is 0 Å². The van der Waals surface area contributed by atoms with Gasteiger partial charge in [0.25, 0.3) is 5.91 Å². The molecule has 0 aliphatic carbocycles. The van der Waals surface area contributed by atoms with E-state index < -0.39 is 0 Å². The Labute approximate surface area is 182 Å². The molecule has 1 fully saturated rings. The monoisotopic (exact) mass is 422 g/mol. The molecule has 0 aromatic heterocycles. The number of likely N-dealkylation sites (N-methyl/N-ethyl adjacent to an activating group) is 1. The molecule has 1 aliphatic rings. The number of benzene rings is 2. The Morgan fingerprint density at radius 1 is 1.17 bits per heavy atom. The van der Waals surface area contributed by atoms with Crippen molar-refractivity contribution >= 4 is 34.6 Å². The molecular weight excluding hydrogens is 396 g/mol. The number of rotatable bonds is 7. The van der Waals surface area contributed by atoms with Gasteiger partial charge in [-0.1, -0.05) is 23.8 Å². The standard InChI is InChI=1S/C24H26N2O3S/c1-6-8-18-13-17(14-20(28-4)22(18)29-5)15-21-23(27)26(7-2)24(30-21)25-19-11-9-16(3)10-12-19/h6,9-15H,1,7-8H2,2-5H3/b21-15+,25-24?. The van der Waals surface area contributed by atoms with Gasteiger partial charge in [-0.3, -0.25) is 9.69 Å². The molecule has 2 aromatic rings. The van der Waals surface area contributed by atoms with E-state index >= 15 is 0 Å². The van der Waals surface area contributed by atoms with Crippen molar-refractivity contribution in [2.75, 3.05) is 20.8 Å². The first kappa shape index (κ1) is 21.7. The average molecular weight is 423 g/mol. The summed E-state index contributed by atoms with van der Waals surface area (Å²) in [6.07, 6.45) is 4.33. The molecule has 2 aromatic carbocycles. The van der Waals surface area contributed by atoms with Crippen LogP contribution in [0.3, 0.4) is 0 Å². The van der Waals surface area contributed by atoms with Crippen LogP contribution in [-0.4, -0.2) is 36.7 Å². The van der Waals surface area contributed by atoms with Crippen LogP contribution < -0.4 is 9.47 Å². The highest BCUT2D eigenvalue weighted by atomic mass is 32.2. The number of ether oxygens (including phenoxy) is 2. The minimum absolute atomic E-state index is 0.0478. The van der Waals surface area contributed by atoms with Crippen LogP contribution in [0.15, 0.2) is 59.0 Å². The van der Waals surface area contributed by atoms with Crippen molar-refractivity contribution < 1.29 is 14.3 Å². The summed E-state index contributed by atoms with van der Waals surface area (Å²) in [5, 5.41) is 0.685. The molecule has 5 nitrogen and oxygen atoms in total. The van der Waals surface area contributed by atoms with Crippen molar-refractivity contribution in [3.63, 3.8) is 0 Å². The molecular formula is C24H26N2O3S. The van der Waals surface area contributed by atoms with Crippen LogP contribution in [0.1, 0.15) is 23.6 Å². The molecule has 6 heteroatoms. The summed E-state index contributed by atoms with van der Waals surface area (Å²) in [6.45, 7) is 8.36. The lowest BCUT2D eigenvalue weighted by Gasteiger charge is -2.13. The van der Waals surface area contributed by atoms with Crippen LogP contribution in [0.25, 0.3) is 6.08 Å². The zero-order chi connectivity index (χ0) is 21.7. The molecule has 1 saturated heterocycles. The molecule has 0 spiro atoms.